The molecule has 0 unspecified atom stereocenters. The lowest BCUT2D eigenvalue weighted by atomic mass is 10.1. The van der Waals surface area contributed by atoms with Crippen molar-refractivity contribution < 1.29 is 19.4 Å². The fourth-order valence-corrected chi connectivity index (χ4v) is 2.08. The van der Waals surface area contributed by atoms with Crippen LogP contribution in [-0.4, -0.2) is 61.3 Å². The van der Waals surface area contributed by atoms with Crippen molar-refractivity contribution in [1.29, 1.82) is 0 Å². The fraction of sp³-hybridized carbons (Fsp3) is 0.833. The summed E-state index contributed by atoms with van der Waals surface area (Å²) in [7, 11) is 1.65. The molecule has 1 amide bonds. The van der Waals surface area contributed by atoms with E-state index in [1.54, 1.807) is 7.05 Å². The van der Waals surface area contributed by atoms with Crippen LogP contribution in [0, 0.1) is 0 Å². The first kappa shape index (κ1) is 14.9. The van der Waals surface area contributed by atoms with Gasteiger partial charge in [-0.2, -0.15) is 0 Å². The zero-order valence-electron chi connectivity index (χ0n) is 10.9. The average molecular weight is 258 g/mol. The van der Waals surface area contributed by atoms with Crippen LogP contribution in [0.4, 0.5) is 0 Å². The highest BCUT2D eigenvalue weighted by Crippen LogP contribution is 2.14. The molecule has 0 aliphatic carbocycles. The van der Waals surface area contributed by atoms with Crippen LogP contribution in [0.2, 0.25) is 0 Å². The first-order valence-electron chi connectivity index (χ1n) is 6.38. The number of piperidine rings is 1. The van der Waals surface area contributed by atoms with Gasteiger partial charge >= 0.3 is 5.97 Å². The van der Waals surface area contributed by atoms with Crippen molar-refractivity contribution >= 4 is 11.9 Å². The second-order valence-electron chi connectivity index (χ2n) is 4.52. The van der Waals surface area contributed by atoms with Crippen LogP contribution in [0.3, 0.4) is 0 Å². The van der Waals surface area contributed by atoms with E-state index in [2.05, 4.69) is 10.2 Å². The minimum Gasteiger partial charge on any atom is -0.480 e. The fourth-order valence-electron chi connectivity index (χ4n) is 2.08. The molecule has 1 saturated heterocycles. The highest BCUT2D eigenvalue weighted by Gasteiger charge is 2.20. The lowest BCUT2D eigenvalue weighted by Gasteiger charge is -2.31. The van der Waals surface area contributed by atoms with Crippen molar-refractivity contribution in [1.82, 2.24) is 10.2 Å². The molecule has 0 spiro atoms. The van der Waals surface area contributed by atoms with Gasteiger partial charge in [-0.15, -0.1) is 0 Å². The second-order valence-corrected chi connectivity index (χ2v) is 4.52. The maximum atomic E-state index is 11.0. The number of ether oxygens (including phenoxy) is 1. The minimum atomic E-state index is -0.914. The number of hydrogen-bond acceptors (Lipinski definition) is 4. The van der Waals surface area contributed by atoms with E-state index >= 15 is 0 Å². The molecule has 1 aliphatic rings. The summed E-state index contributed by atoms with van der Waals surface area (Å²) < 4.78 is 5.26. The number of likely N-dealkylation sites (tertiary alicyclic amines) is 1. The van der Waals surface area contributed by atoms with Gasteiger partial charge in [-0.3, -0.25) is 4.79 Å². The van der Waals surface area contributed by atoms with Crippen LogP contribution in [0.1, 0.15) is 25.7 Å². The summed E-state index contributed by atoms with van der Waals surface area (Å²) in [6.07, 6.45) is 3.23. The summed E-state index contributed by atoms with van der Waals surface area (Å²) in [5, 5.41) is 11.1. The van der Waals surface area contributed by atoms with Gasteiger partial charge in [0, 0.05) is 26.6 Å². The van der Waals surface area contributed by atoms with E-state index in [1.165, 1.54) is 0 Å². The zero-order valence-corrected chi connectivity index (χ0v) is 10.9. The van der Waals surface area contributed by atoms with E-state index in [0.29, 0.717) is 6.42 Å². The van der Waals surface area contributed by atoms with Gasteiger partial charge in [0.15, 0.2) is 0 Å². The number of hydrogen-bond donors (Lipinski definition) is 2. The number of carbonyl (C=O) groups excluding carboxylic acids is 1. The third-order valence-corrected chi connectivity index (χ3v) is 3.13. The highest BCUT2D eigenvalue weighted by molar-refractivity contribution is 5.75. The van der Waals surface area contributed by atoms with Crippen molar-refractivity contribution in [3.8, 4) is 0 Å². The Morgan fingerprint density at radius 1 is 1.39 bits per heavy atom. The summed E-state index contributed by atoms with van der Waals surface area (Å²) in [6, 6.07) is 0. The van der Waals surface area contributed by atoms with Gasteiger partial charge in [0.1, 0.15) is 6.61 Å². The van der Waals surface area contributed by atoms with E-state index in [4.69, 9.17) is 9.84 Å². The molecule has 1 fully saturated rings. The lowest BCUT2D eigenvalue weighted by Crippen LogP contribution is -2.38. The molecule has 6 heteroatoms. The van der Waals surface area contributed by atoms with Crippen LogP contribution in [0.15, 0.2) is 0 Å². The number of nitrogens with one attached hydrogen (secondary N) is 1. The smallest absolute Gasteiger partial charge is 0.329 e. The molecule has 18 heavy (non-hydrogen) atoms. The molecule has 0 bridgehead atoms. The topological polar surface area (TPSA) is 78.9 Å². The molecule has 1 rings (SSSR count). The monoisotopic (exact) mass is 258 g/mol. The van der Waals surface area contributed by atoms with Crippen LogP contribution < -0.4 is 5.32 Å². The number of nitrogens with zero attached hydrogens (tertiary/aromatic N) is 1. The Hall–Kier alpha value is -1.14. The number of carbonyl (C=O) groups is 2. The maximum Gasteiger partial charge on any atom is 0.329 e. The van der Waals surface area contributed by atoms with Crippen LogP contribution in [-0.2, 0) is 14.3 Å². The average Bonchev–Trinajstić information content (AvgIpc) is 2.37. The molecule has 2 N–H and O–H groups in total. The third kappa shape index (κ3) is 5.97. The van der Waals surface area contributed by atoms with Gasteiger partial charge in [-0.05, 0) is 25.8 Å². The van der Waals surface area contributed by atoms with E-state index in [0.717, 1.165) is 38.9 Å². The predicted octanol–water partition coefficient (Wildman–Crippen LogP) is 0.0782. The molecular formula is C12H22N2O4. The number of carboxylic acids is 1. The number of aliphatic carboxylic acids is 1. The minimum absolute atomic E-state index is 0.0660. The first-order valence-corrected chi connectivity index (χ1v) is 6.38. The molecule has 0 aromatic rings. The third-order valence-electron chi connectivity index (χ3n) is 3.13. The van der Waals surface area contributed by atoms with Crippen molar-refractivity contribution in [3.05, 3.63) is 0 Å². The molecule has 1 heterocycles. The Balaban J connectivity index is 2.08. The standard InChI is InChI=1S/C12H22N2O4/c1-13-11(15)3-2-6-14-7-4-10(5-8-14)18-9-12(16)17/h10H,2-9H2,1H3,(H,13,15)(H,16,17). The quantitative estimate of drug-likeness (QED) is 0.676. The van der Waals surface area contributed by atoms with E-state index < -0.39 is 5.97 Å². The Kier molecular flexibility index (Phi) is 6.67. The van der Waals surface area contributed by atoms with Gasteiger partial charge in [0.05, 0.1) is 6.10 Å². The van der Waals surface area contributed by atoms with Gasteiger partial charge in [-0.25, -0.2) is 4.79 Å². The van der Waals surface area contributed by atoms with Gasteiger partial charge < -0.3 is 20.1 Å². The van der Waals surface area contributed by atoms with Crippen LogP contribution in [0.25, 0.3) is 0 Å². The molecule has 0 aromatic heterocycles. The van der Waals surface area contributed by atoms with Gasteiger partial charge in [0.2, 0.25) is 5.91 Å². The Morgan fingerprint density at radius 2 is 2.06 bits per heavy atom. The normalized spacial score (nSPS) is 17.6. The van der Waals surface area contributed by atoms with Crippen molar-refractivity contribution in [2.45, 2.75) is 31.8 Å². The molecule has 1 aliphatic heterocycles. The van der Waals surface area contributed by atoms with Crippen molar-refractivity contribution in [2.24, 2.45) is 0 Å². The predicted molar refractivity (Wildman–Crippen MR) is 66.4 cm³/mol. The SMILES string of the molecule is CNC(=O)CCCN1CCC(OCC(=O)O)CC1. The zero-order chi connectivity index (χ0) is 13.4. The summed E-state index contributed by atoms with van der Waals surface area (Å²) in [6.45, 7) is 2.54. The first-order chi connectivity index (χ1) is 8.61. The molecule has 6 nitrogen and oxygen atoms in total. The molecule has 104 valence electrons. The van der Waals surface area contributed by atoms with Crippen molar-refractivity contribution in [3.63, 3.8) is 0 Å². The Bertz CT molecular complexity index is 275. The molecular weight excluding hydrogens is 236 g/mol. The Morgan fingerprint density at radius 3 is 2.61 bits per heavy atom. The molecule has 0 radical (unpaired) electrons. The largest absolute Gasteiger partial charge is 0.480 e. The summed E-state index contributed by atoms with van der Waals surface area (Å²) in [5.41, 5.74) is 0. The van der Waals surface area contributed by atoms with Crippen LogP contribution in [0.5, 0.6) is 0 Å². The van der Waals surface area contributed by atoms with Crippen LogP contribution >= 0.6 is 0 Å². The van der Waals surface area contributed by atoms with E-state index in [1.807, 2.05) is 0 Å². The van der Waals surface area contributed by atoms with Gasteiger partial charge in [-0.1, -0.05) is 0 Å². The summed E-state index contributed by atoms with van der Waals surface area (Å²) in [5.74, 6) is -0.835. The summed E-state index contributed by atoms with van der Waals surface area (Å²) in [4.78, 5) is 23.7. The number of rotatable bonds is 7. The molecule has 0 aromatic carbocycles. The summed E-state index contributed by atoms with van der Waals surface area (Å²) >= 11 is 0. The van der Waals surface area contributed by atoms with Crippen molar-refractivity contribution in [2.75, 3.05) is 33.3 Å². The number of carboxylic acid groups (broad SMARTS) is 1. The van der Waals surface area contributed by atoms with E-state index in [-0.39, 0.29) is 18.6 Å². The van der Waals surface area contributed by atoms with E-state index in [9.17, 15) is 9.59 Å². The van der Waals surface area contributed by atoms with Gasteiger partial charge in [0.25, 0.3) is 0 Å². The maximum absolute atomic E-state index is 11.0. The molecule has 0 saturated carbocycles. The Labute approximate surface area is 107 Å². The second kappa shape index (κ2) is 8.05. The number of amides is 1. The highest BCUT2D eigenvalue weighted by atomic mass is 16.5. The lowest BCUT2D eigenvalue weighted by molar-refractivity contribution is -0.145. The molecule has 0 atom stereocenters.